The lowest BCUT2D eigenvalue weighted by Gasteiger charge is -2.16. The van der Waals surface area contributed by atoms with Gasteiger partial charge in [0.1, 0.15) is 4.90 Å². The predicted octanol–water partition coefficient (Wildman–Crippen LogP) is 2.17. The Balaban J connectivity index is 2.29. The molecule has 1 atom stereocenters. The molecule has 21 heavy (non-hydrogen) atoms. The lowest BCUT2D eigenvalue weighted by atomic mass is 10.1. The van der Waals surface area contributed by atoms with E-state index in [1.807, 2.05) is 24.3 Å². The molecule has 0 aliphatic carbocycles. The van der Waals surface area contributed by atoms with E-state index in [1.165, 1.54) is 12.3 Å². The first kappa shape index (κ1) is 15.9. The molecule has 1 unspecified atom stereocenters. The number of nitrogens with two attached hydrogens (primary N) is 1. The molecule has 0 saturated heterocycles. The predicted molar refractivity (Wildman–Crippen MR) is 84.9 cm³/mol. The van der Waals surface area contributed by atoms with E-state index in [4.69, 9.17) is 5.84 Å². The van der Waals surface area contributed by atoms with Crippen LogP contribution in [0.5, 0.6) is 0 Å². The van der Waals surface area contributed by atoms with Gasteiger partial charge in [-0.25, -0.2) is 24.0 Å². The largest absolute Gasteiger partial charge is 0.307 e. The number of rotatable bonds is 5. The minimum absolute atomic E-state index is 0.00865. The molecule has 2 rings (SSSR count). The highest BCUT2D eigenvalue weighted by molar-refractivity contribution is 9.10. The third-order valence-corrected chi connectivity index (χ3v) is 4.94. The van der Waals surface area contributed by atoms with Crippen LogP contribution in [0.4, 0.5) is 5.82 Å². The van der Waals surface area contributed by atoms with E-state index < -0.39 is 16.1 Å². The fraction of sp³-hybridized carbons (Fsp3) is 0.154. The Morgan fingerprint density at radius 2 is 2.05 bits per heavy atom. The highest BCUT2D eigenvalue weighted by atomic mass is 79.9. The lowest BCUT2D eigenvalue weighted by Crippen LogP contribution is -2.28. The van der Waals surface area contributed by atoms with Crippen molar-refractivity contribution in [2.75, 3.05) is 5.43 Å². The van der Waals surface area contributed by atoms with Crippen LogP contribution in [-0.4, -0.2) is 13.4 Å². The van der Waals surface area contributed by atoms with Crippen LogP contribution in [0.15, 0.2) is 52.0 Å². The van der Waals surface area contributed by atoms with E-state index in [9.17, 15) is 8.42 Å². The number of aromatic nitrogens is 1. The monoisotopic (exact) mass is 370 g/mol. The van der Waals surface area contributed by atoms with Gasteiger partial charge in [0, 0.05) is 16.7 Å². The molecule has 6 nitrogen and oxygen atoms in total. The SMILES string of the molecule is CC(NS(=O)(=O)c1cccnc1NN)c1cccc(Br)c1. The van der Waals surface area contributed by atoms with E-state index in [1.54, 1.807) is 13.0 Å². The first-order valence-electron chi connectivity index (χ1n) is 6.13. The van der Waals surface area contributed by atoms with Crippen molar-refractivity contribution in [3.8, 4) is 0 Å². The molecule has 0 amide bonds. The maximum atomic E-state index is 12.4. The molecule has 0 radical (unpaired) electrons. The zero-order valence-electron chi connectivity index (χ0n) is 11.2. The van der Waals surface area contributed by atoms with E-state index in [0.29, 0.717) is 0 Å². The molecule has 0 spiro atoms. The molecule has 0 saturated carbocycles. The molecule has 0 bridgehead atoms. The number of nitrogen functional groups attached to an aromatic ring is 1. The molecule has 0 aliphatic heterocycles. The molecule has 0 fully saturated rings. The number of sulfonamides is 1. The van der Waals surface area contributed by atoms with E-state index in [0.717, 1.165) is 10.0 Å². The van der Waals surface area contributed by atoms with Crippen LogP contribution in [0.2, 0.25) is 0 Å². The Kier molecular flexibility index (Phi) is 4.94. The number of halogens is 1. The highest BCUT2D eigenvalue weighted by Gasteiger charge is 2.22. The lowest BCUT2D eigenvalue weighted by molar-refractivity contribution is 0.567. The Hall–Kier alpha value is -1.48. The topological polar surface area (TPSA) is 97.1 Å². The van der Waals surface area contributed by atoms with Crippen LogP contribution in [0.1, 0.15) is 18.5 Å². The van der Waals surface area contributed by atoms with Crippen molar-refractivity contribution in [2.45, 2.75) is 17.9 Å². The molecule has 1 aromatic heterocycles. The third kappa shape index (κ3) is 3.79. The Morgan fingerprint density at radius 3 is 2.71 bits per heavy atom. The fourth-order valence-electron chi connectivity index (χ4n) is 1.86. The Labute approximate surface area is 131 Å². The molecule has 4 N–H and O–H groups in total. The molecule has 1 aromatic carbocycles. The quantitative estimate of drug-likeness (QED) is 0.553. The number of pyridine rings is 1. The average Bonchev–Trinajstić information content (AvgIpc) is 2.46. The number of benzene rings is 1. The number of anilines is 1. The Bertz CT molecular complexity index is 736. The molecule has 112 valence electrons. The standard InChI is InChI=1S/C13H15BrN4O2S/c1-9(10-4-2-5-11(14)8-10)18-21(19,20)12-6-3-7-16-13(12)17-15/h2-9,18H,15H2,1H3,(H,16,17). The summed E-state index contributed by atoms with van der Waals surface area (Å²) in [5, 5.41) is 0. The first-order valence-corrected chi connectivity index (χ1v) is 8.41. The zero-order valence-corrected chi connectivity index (χ0v) is 13.6. The number of hydrogen-bond donors (Lipinski definition) is 3. The Morgan fingerprint density at radius 1 is 1.29 bits per heavy atom. The van der Waals surface area contributed by atoms with Crippen molar-refractivity contribution in [3.63, 3.8) is 0 Å². The molecular weight excluding hydrogens is 356 g/mol. The minimum Gasteiger partial charge on any atom is -0.307 e. The first-order chi connectivity index (χ1) is 9.94. The summed E-state index contributed by atoms with van der Waals surface area (Å²) >= 11 is 3.36. The minimum atomic E-state index is -3.73. The second-order valence-electron chi connectivity index (χ2n) is 4.39. The van der Waals surface area contributed by atoms with Crippen LogP contribution in [0.25, 0.3) is 0 Å². The van der Waals surface area contributed by atoms with Gasteiger partial charge in [-0.05, 0) is 36.8 Å². The third-order valence-electron chi connectivity index (χ3n) is 2.88. The van der Waals surface area contributed by atoms with Crippen molar-refractivity contribution in [1.29, 1.82) is 0 Å². The summed E-state index contributed by atoms with van der Waals surface area (Å²) in [7, 11) is -3.73. The van der Waals surface area contributed by atoms with Gasteiger partial charge in [0.15, 0.2) is 5.82 Å². The maximum absolute atomic E-state index is 12.4. The molecule has 8 heteroatoms. The summed E-state index contributed by atoms with van der Waals surface area (Å²) in [4.78, 5) is 3.90. The van der Waals surface area contributed by atoms with Crippen molar-refractivity contribution in [1.82, 2.24) is 9.71 Å². The van der Waals surface area contributed by atoms with Crippen molar-refractivity contribution in [3.05, 3.63) is 52.6 Å². The van der Waals surface area contributed by atoms with Gasteiger partial charge in [-0.3, -0.25) is 0 Å². The zero-order chi connectivity index (χ0) is 15.5. The van der Waals surface area contributed by atoms with Gasteiger partial charge in [-0.2, -0.15) is 0 Å². The molecular formula is C13H15BrN4O2S. The summed E-state index contributed by atoms with van der Waals surface area (Å²) in [5.41, 5.74) is 3.13. The number of nitrogens with one attached hydrogen (secondary N) is 2. The average molecular weight is 371 g/mol. The second kappa shape index (κ2) is 6.52. The van der Waals surface area contributed by atoms with Crippen LogP contribution >= 0.6 is 15.9 Å². The van der Waals surface area contributed by atoms with Gasteiger partial charge in [-0.1, -0.05) is 28.1 Å². The normalized spacial score (nSPS) is 12.9. The number of hydrazine groups is 1. The van der Waals surface area contributed by atoms with Gasteiger partial charge < -0.3 is 5.43 Å². The fourth-order valence-corrected chi connectivity index (χ4v) is 3.63. The maximum Gasteiger partial charge on any atom is 0.244 e. The van der Waals surface area contributed by atoms with E-state index >= 15 is 0 Å². The van der Waals surface area contributed by atoms with E-state index in [2.05, 4.69) is 31.1 Å². The van der Waals surface area contributed by atoms with Gasteiger partial charge in [0.25, 0.3) is 0 Å². The van der Waals surface area contributed by atoms with Crippen molar-refractivity contribution in [2.24, 2.45) is 5.84 Å². The smallest absolute Gasteiger partial charge is 0.244 e. The van der Waals surface area contributed by atoms with Crippen LogP contribution in [0.3, 0.4) is 0 Å². The molecule has 0 aliphatic rings. The summed E-state index contributed by atoms with van der Waals surface area (Å²) in [6, 6.07) is 10.0. The number of nitrogens with zero attached hydrogens (tertiary/aromatic N) is 1. The molecule has 2 aromatic rings. The van der Waals surface area contributed by atoms with Crippen molar-refractivity contribution >= 4 is 31.8 Å². The van der Waals surface area contributed by atoms with Gasteiger partial charge in [0.2, 0.25) is 10.0 Å². The summed E-state index contributed by atoms with van der Waals surface area (Å²) in [6.45, 7) is 1.77. The number of hydrogen-bond acceptors (Lipinski definition) is 5. The van der Waals surface area contributed by atoms with Gasteiger partial charge in [0.05, 0.1) is 0 Å². The summed E-state index contributed by atoms with van der Waals surface area (Å²) < 4.78 is 28.3. The van der Waals surface area contributed by atoms with Crippen LogP contribution in [0, 0.1) is 0 Å². The van der Waals surface area contributed by atoms with Crippen LogP contribution in [-0.2, 0) is 10.0 Å². The van der Waals surface area contributed by atoms with Gasteiger partial charge in [-0.15, -0.1) is 0 Å². The van der Waals surface area contributed by atoms with Crippen molar-refractivity contribution < 1.29 is 8.42 Å². The second-order valence-corrected chi connectivity index (χ2v) is 6.99. The summed E-state index contributed by atoms with van der Waals surface area (Å²) in [6.07, 6.45) is 1.46. The highest BCUT2D eigenvalue weighted by Crippen LogP contribution is 2.22. The van der Waals surface area contributed by atoms with Gasteiger partial charge >= 0.3 is 0 Å². The summed E-state index contributed by atoms with van der Waals surface area (Å²) in [5.74, 6) is 5.40. The van der Waals surface area contributed by atoms with Crippen LogP contribution < -0.4 is 16.0 Å². The van der Waals surface area contributed by atoms with E-state index in [-0.39, 0.29) is 10.7 Å². The molecule has 1 heterocycles.